The van der Waals surface area contributed by atoms with E-state index in [0.29, 0.717) is 0 Å². The SMILES string of the molecule is CC12CC34C[P+](C)(O1)OC3(C)OC4(C)P2. The zero-order chi connectivity index (χ0) is 10.7. The molecule has 4 aliphatic rings. The molecule has 0 aromatic rings. The molecule has 0 N–H and O–H groups in total. The van der Waals surface area contributed by atoms with E-state index in [1.54, 1.807) is 0 Å². The van der Waals surface area contributed by atoms with Gasteiger partial charge in [0.05, 0.1) is 0 Å². The van der Waals surface area contributed by atoms with Crippen LogP contribution in [0.3, 0.4) is 0 Å². The normalized spacial score (nSPS) is 76.0. The fourth-order valence-corrected chi connectivity index (χ4v) is 11.4. The van der Waals surface area contributed by atoms with Crippen LogP contribution in [0, 0.1) is 5.41 Å². The van der Waals surface area contributed by atoms with Gasteiger partial charge in [-0.05, 0) is 29.4 Å². The molecule has 0 amide bonds. The van der Waals surface area contributed by atoms with Crippen molar-refractivity contribution < 1.29 is 13.8 Å². The second-order valence-electron chi connectivity index (χ2n) is 6.05. The van der Waals surface area contributed by atoms with E-state index >= 15 is 0 Å². The molecule has 0 saturated carbocycles. The lowest BCUT2D eigenvalue weighted by Crippen LogP contribution is -2.69. The average molecular weight is 247 g/mol. The Morgan fingerprint density at radius 2 is 1.93 bits per heavy atom. The second-order valence-corrected chi connectivity index (χ2v) is 11.0. The summed E-state index contributed by atoms with van der Waals surface area (Å²) < 4.78 is 18.6. The monoisotopic (exact) mass is 247 g/mol. The predicted molar refractivity (Wildman–Crippen MR) is 61.5 cm³/mol. The Labute approximate surface area is 92.5 Å². The minimum atomic E-state index is -1.64. The van der Waals surface area contributed by atoms with E-state index in [1.165, 1.54) is 0 Å². The predicted octanol–water partition coefficient (Wildman–Crippen LogP) is 2.77. The van der Waals surface area contributed by atoms with Crippen molar-refractivity contribution in [3.05, 3.63) is 0 Å². The van der Waals surface area contributed by atoms with Gasteiger partial charge in [0.1, 0.15) is 28.9 Å². The van der Waals surface area contributed by atoms with Crippen LogP contribution in [0.1, 0.15) is 27.2 Å². The molecule has 5 heteroatoms. The van der Waals surface area contributed by atoms with E-state index in [2.05, 4.69) is 27.4 Å². The minimum Gasteiger partial charge on any atom is -0.334 e. The molecule has 0 radical (unpaired) electrons. The smallest absolute Gasteiger partial charge is 0.278 e. The van der Waals surface area contributed by atoms with Gasteiger partial charge in [0, 0.05) is 6.42 Å². The van der Waals surface area contributed by atoms with E-state index < -0.39 is 7.72 Å². The summed E-state index contributed by atoms with van der Waals surface area (Å²) >= 11 is 0. The Balaban J connectivity index is 1.96. The highest BCUT2D eigenvalue weighted by Gasteiger charge is 2.91. The molecule has 6 unspecified atom stereocenters. The Hall–Kier alpha value is 0.740. The molecule has 6 atom stereocenters. The van der Waals surface area contributed by atoms with Crippen LogP contribution in [0.2, 0.25) is 0 Å². The van der Waals surface area contributed by atoms with Gasteiger partial charge in [-0.25, -0.2) is 0 Å². The second kappa shape index (κ2) is 2.06. The third-order valence-electron chi connectivity index (χ3n) is 4.64. The molecule has 84 valence electrons. The van der Waals surface area contributed by atoms with Crippen molar-refractivity contribution in [1.82, 2.24) is 0 Å². The summed E-state index contributed by atoms with van der Waals surface area (Å²) in [6.45, 7) is 8.79. The first-order valence-corrected chi connectivity index (χ1v) is 8.76. The van der Waals surface area contributed by atoms with Crippen LogP contribution in [-0.4, -0.2) is 29.3 Å². The lowest BCUT2D eigenvalue weighted by molar-refractivity contribution is -0.379. The van der Waals surface area contributed by atoms with Crippen molar-refractivity contribution in [3.8, 4) is 0 Å². The summed E-state index contributed by atoms with van der Waals surface area (Å²) in [5, 5.41) is 0.0640. The number of fused-ring (bicyclic) bond motifs is 2. The van der Waals surface area contributed by atoms with Crippen LogP contribution < -0.4 is 0 Å². The standard InChI is InChI=1S/C10H17O3P2/c1-7-5-10-6-15(4,12-7)13-8(10,2)11-9(10,3)14-7/h14H,5-6H2,1-4H3/q+1. The zero-order valence-electron chi connectivity index (χ0n) is 9.59. The van der Waals surface area contributed by atoms with Crippen LogP contribution in [0.4, 0.5) is 0 Å². The van der Waals surface area contributed by atoms with E-state index in [1.807, 2.05) is 0 Å². The Morgan fingerprint density at radius 3 is 2.67 bits per heavy atom. The molecule has 4 rings (SSSR count). The Kier molecular flexibility index (Phi) is 1.34. The van der Waals surface area contributed by atoms with Gasteiger partial charge < -0.3 is 4.74 Å². The highest BCUT2D eigenvalue weighted by molar-refractivity contribution is 7.67. The fourth-order valence-electron chi connectivity index (χ4n) is 4.45. The summed E-state index contributed by atoms with van der Waals surface area (Å²) in [5.41, 5.74) is 0.258. The average Bonchev–Trinajstić information content (AvgIpc) is 2.18. The first-order valence-electron chi connectivity index (χ1n) is 5.51. The van der Waals surface area contributed by atoms with Gasteiger partial charge in [-0.3, -0.25) is 0 Å². The summed E-state index contributed by atoms with van der Waals surface area (Å²) in [6, 6.07) is 0. The van der Waals surface area contributed by atoms with Crippen LogP contribution >= 0.6 is 16.3 Å². The van der Waals surface area contributed by atoms with Crippen LogP contribution in [-0.2, 0) is 13.8 Å². The minimum absolute atomic E-state index is 0.0315. The molecule has 0 aromatic heterocycles. The summed E-state index contributed by atoms with van der Waals surface area (Å²) in [5.74, 6) is -0.342. The van der Waals surface area contributed by atoms with Crippen LogP contribution in [0.5, 0.6) is 0 Å². The number of rotatable bonds is 0. The van der Waals surface area contributed by atoms with Crippen molar-refractivity contribution in [1.29, 1.82) is 0 Å². The topological polar surface area (TPSA) is 27.7 Å². The van der Waals surface area contributed by atoms with Gasteiger partial charge in [-0.1, -0.05) is 0 Å². The van der Waals surface area contributed by atoms with E-state index in [4.69, 9.17) is 13.8 Å². The summed E-state index contributed by atoms with van der Waals surface area (Å²) in [6.07, 6.45) is 2.23. The number of hydrogen-bond donors (Lipinski definition) is 0. The van der Waals surface area contributed by atoms with Gasteiger partial charge in [0.25, 0.3) is 7.72 Å². The lowest BCUT2D eigenvalue weighted by atomic mass is 9.68. The molecule has 3 bridgehead atoms. The maximum Gasteiger partial charge on any atom is 0.278 e. The maximum absolute atomic E-state index is 6.29. The molecule has 1 spiro atoms. The van der Waals surface area contributed by atoms with Crippen molar-refractivity contribution >= 4 is 16.3 Å². The third kappa shape index (κ3) is 0.798. The van der Waals surface area contributed by atoms with Crippen molar-refractivity contribution in [2.45, 2.75) is 43.7 Å². The van der Waals surface area contributed by atoms with Gasteiger partial charge in [-0.2, -0.15) is 9.05 Å². The van der Waals surface area contributed by atoms with Gasteiger partial charge in [0.15, 0.2) is 0 Å². The highest BCUT2D eigenvalue weighted by Crippen LogP contribution is 2.93. The highest BCUT2D eigenvalue weighted by atomic mass is 31.2. The van der Waals surface area contributed by atoms with Crippen LogP contribution in [0.15, 0.2) is 0 Å². The van der Waals surface area contributed by atoms with Gasteiger partial charge >= 0.3 is 0 Å². The molecule has 15 heavy (non-hydrogen) atoms. The summed E-state index contributed by atoms with van der Waals surface area (Å²) in [7, 11) is -0.874. The van der Waals surface area contributed by atoms with E-state index in [0.717, 1.165) is 21.2 Å². The summed E-state index contributed by atoms with van der Waals surface area (Å²) in [4.78, 5) is 0. The van der Waals surface area contributed by atoms with Gasteiger partial charge in [0.2, 0.25) is 5.79 Å². The molecule has 0 aliphatic carbocycles. The lowest BCUT2D eigenvalue weighted by Gasteiger charge is -2.57. The largest absolute Gasteiger partial charge is 0.334 e. The van der Waals surface area contributed by atoms with Crippen molar-refractivity contribution in [2.24, 2.45) is 5.41 Å². The van der Waals surface area contributed by atoms with E-state index in [-0.39, 0.29) is 21.9 Å². The Morgan fingerprint density at radius 1 is 1.20 bits per heavy atom. The Bertz CT molecular complexity index is 347. The molecule has 4 aliphatic heterocycles. The van der Waals surface area contributed by atoms with Gasteiger partial charge in [-0.15, -0.1) is 0 Å². The molecule has 4 saturated heterocycles. The van der Waals surface area contributed by atoms with Crippen molar-refractivity contribution in [3.63, 3.8) is 0 Å². The molecule has 3 nitrogen and oxygen atoms in total. The quantitative estimate of drug-likeness (QED) is 0.616. The molecule has 4 fully saturated rings. The number of ether oxygens (including phenoxy) is 1. The maximum atomic E-state index is 6.29. The number of hydrogen-bond acceptors (Lipinski definition) is 3. The molecular formula is C10H17O3P2+. The first kappa shape index (κ1) is 9.74. The molecular weight excluding hydrogens is 230 g/mol. The van der Waals surface area contributed by atoms with Crippen molar-refractivity contribution in [2.75, 3.05) is 12.8 Å². The van der Waals surface area contributed by atoms with Crippen LogP contribution in [0.25, 0.3) is 0 Å². The molecule has 0 aromatic carbocycles. The first-order chi connectivity index (χ1) is 6.74. The third-order valence-corrected chi connectivity index (χ3v) is 9.32. The van der Waals surface area contributed by atoms with E-state index in [9.17, 15) is 0 Å². The zero-order valence-corrected chi connectivity index (χ0v) is 11.5. The molecule has 4 heterocycles. The fraction of sp³-hybridized carbons (Fsp3) is 1.00.